The third-order valence-corrected chi connectivity index (χ3v) is 4.89. The molecule has 0 N–H and O–H groups in total. The number of hydrogen-bond donors (Lipinski definition) is 0. The van der Waals surface area contributed by atoms with E-state index in [1.165, 1.54) is 0 Å². The number of nitrogens with zero attached hydrogens (tertiary/aromatic N) is 8. The lowest BCUT2D eigenvalue weighted by atomic mass is 10.1. The summed E-state index contributed by atoms with van der Waals surface area (Å²) in [5, 5.41) is 17.0. The maximum atomic E-state index is 5.59. The van der Waals surface area contributed by atoms with Crippen molar-refractivity contribution in [1.29, 1.82) is 0 Å². The summed E-state index contributed by atoms with van der Waals surface area (Å²) in [5.74, 6) is 0.732. The number of ether oxygens (including phenoxy) is 1. The van der Waals surface area contributed by atoms with Crippen molar-refractivity contribution in [2.75, 3.05) is 7.11 Å². The zero-order chi connectivity index (χ0) is 21.2. The summed E-state index contributed by atoms with van der Waals surface area (Å²) in [7, 11) is 1.65. The topological polar surface area (TPSA) is 88.5 Å². The smallest absolute Gasteiger partial charge is 0.143 e. The fourth-order valence-corrected chi connectivity index (χ4v) is 3.35. The molecule has 5 aromatic rings. The van der Waals surface area contributed by atoms with Crippen molar-refractivity contribution < 1.29 is 4.74 Å². The second-order valence-corrected chi connectivity index (χ2v) is 7.10. The van der Waals surface area contributed by atoms with Crippen LogP contribution in [0.15, 0.2) is 73.4 Å². The molecule has 9 heteroatoms. The molecule has 0 spiro atoms. The van der Waals surface area contributed by atoms with E-state index in [2.05, 4.69) is 25.6 Å². The van der Waals surface area contributed by atoms with Crippen molar-refractivity contribution in [2.45, 2.75) is 13.5 Å². The Morgan fingerprint density at radius 1 is 0.935 bits per heavy atom. The lowest BCUT2D eigenvalue weighted by Gasteiger charge is -2.10. The van der Waals surface area contributed by atoms with E-state index in [9.17, 15) is 0 Å². The van der Waals surface area contributed by atoms with Gasteiger partial charge in [-0.3, -0.25) is 0 Å². The second-order valence-electron chi connectivity index (χ2n) is 7.10. The molecule has 0 saturated heterocycles. The lowest BCUT2D eigenvalue weighted by molar-refractivity contribution is 0.413. The molecule has 0 amide bonds. The molecule has 0 bridgehead atoms. The van der Waals surface area contributed by atoms with Crippen molar-refractivity contribution in [3.05, 3.63) is 84.8 Å². The standard InChI is InChI=1S/C22H20N8O/c1-16-11-28(15-23-16)21-9-8-17(10-22(21)31-2)20-14-29(26-25-20)12-18-13-30(27-24-18)19-6-4-3-5-7-19/h3-11,13-15H,12H2,1-2H3. The van der Waals surface area contributed by atoms with Gasteiger partial charge in [0, 0.05) is 11.8 Å². The molecule has 0 radical (unpaired) electrons. The van der Waals surface area contributed by atoms with Crippen LogP contribution in [0, 0.1) is 6.92 Å². The largest absolute Gasteiger partial charge is 0.495 e. The van der Waals surface area contributed by atoms with E-state index < -0.39 is 0 Å². The molecule has 2 aromatic carbocycles. The fourth-order valence-electron chi connectivity index (χ4n) is 3.35. The van der Waals surface area contributed by atoms with Crippen LogP contribution >= 0.6 is 0 Å². The average molecular weight is 412 g/mol. The van der Waals surface area contributed by atoms with Crippen LogP contribution in [0.5, 0.6) is 5.75 Å². The van der Waals surface area contributed by atoms with Gasteiger partial charge in [-0.05, 0) is 31.2 Å². The Balaban J connectivity index is 1.36. The molecule has 5 rings (SSSR count). The predicted molar refractivity (Wildman–Crippen MR) is 114 cm³/mol. The van der Waals surface area contributed by atoms with E-state index in [-0.39, 0.29) is 0 Å². The van der Waals surface area contributed by atoms with Gasteiger partial charge in [0.05, 0.1) is 49.4 Å². The highest BCUT2D eigenvalue weighted by atomic mass is 16.5. The summed E-state index contributed by atoms with van der Waals surface area (Å²) in [6.07, 6.45) is 7.50. The average Bonchev–Trinajstić information content (AvgIpc) is 3.56. The maximum absolute atomic E-state index is 5.59. The Labute approximate surface area is 178 Å². The molecule has 0 aliphatic heterocycles. The number of methoxy groups -OCH3 is 1. The highest BCUT2D eigenvalue weighted by molar-refractivity contribution is 5.64. The van der Waals surface area contributed by atoms with Gasteiger partial charge >= 0.3 is 0 Å². The van der Waals surface area contributed by atoms with E-state index in [0.29, 0.717) is 6.54 Å². The molecule has 3 heterocycles. The first-order valence-electron chi connectivity index (χ1n) is 9.76. The van der Waals surface area contributed by atoms with Gasteiger partial charge in [0.25, 0.3) is 0 Å². The van der Waals surface area contributed by atoms with Crippen molar-refractivity contribution in [3.8, 4) is 28.4 Å². The molecule has 0 unspecified atom stereocenters. The minimum atomic E-state index is 0.476. The van der Waals surface area contributed by atoms with Gasteiger partial charge in [-0.1, -0.05) is 34.7 Å². The minimum absolute atomic E-state index is 0.476. The van der Waals surface area contributed by atoms with Crippen molar-refractivity contribution in [1.82, 2.24) is 39.5 Å². The highest BCUT2D eigenvalue weighted by Crippen LogP contribution is 2.29. The number of aromatic nitrogens is 8. The summed E-state index contributed by atoms with van der Waals surface area (Å²) >= 11 is 0. The number of hydrogen-bond acceptors (Lipinski definition) is 6. The van der Waals surface area contributed by atoms with Gasteiger partial charge in [-0.2, -0.15) is 0 Å². The third kappa shape index (κ3) is 3.80. The van der Waals surface area contributed by atoms with Crippen LogP contribution in [0.2, 0.25) is 0 Å². The minimum Gasteiger partial charge on any atom is -0.495 e. The number of imidazole rings is 1. The second kappa shape index (κ2) is 7.86. The Kier molecular flexibility index (Phi) is 4.75. The van der Waals surface area contributed by atoms with Gasteiger partial charge in [0.1, 0.15) is 17.1 Å². The van der Waals surface area contributed by atoms with Gasteiger partial charge < -0.3 is 9.30 Å². The molecule has 31 heavy (non-hydrogen) atoms. The Morgan fingerprint density at radius 3 is 2.58 bits per heavy atom. The van der Waals surface area contributed by atoms with Crippen LogP contribution in [-0.2, 0) is 6.54 Å². The number of benzene rings is 2. The van der Waals surface area contributed by atoms with E-state index >= 15 is 0 Å². The normalized spacial score (nSPS) is 11.0. The van der Waals surface area contributed by atoms with E-state index in [4.69, 9.17) is 4.74 Å². The van der Waals surface area contributed by atoms with Crippen LogP contribution in [0.1, 0.15) is 11.4 Å². The lowest BCUT2D eigenvalue weighted by Crippen LogP contribution is -2.00. The summed E-state index contributed by atoms with van der Waals surface area (Å²) in [6.45, 7) is 2.43. The van der Waals surface area contributed by atoms with Gasteiger partial charge in [0.2, 0.25) is 0 Å². The zero-order valence-electron chi connectivity index (χ0n) is 17.1. The van der Waals surface area contributed by atoms with Crippen molar-refractivity contribution in [2.24, 2.45) is 0 Å². The molecule has 0 fully saturated rings. The summed E-state index contributed by atoms with van der Waals surface area (Å²) < 4.78 is 11.0. The third-order valence-electron chi connectivity index (χ3n) is 4.89. The van der Waals surface area contributed by atoms with E-state index in [1.807, 2.05) is 78.6 Å². The SMILES string of the molecule is COc1cc(-c2cn(Cc3cn(-c4ccccc4)nn3)nn2)ccc1-n1cnc(C)c1. The summed E-state index contributed by atoms with van der Waals surface area (Å²) in [6, 6.07) is 15.8. The van der Waals surface area contributed by atoms with E-state index in [1.54, 1.807) is 22.8 Å². The Morgan fingerprint density at radius 2 is 1.81 bits per heavy atom. The molecule has 0 atom stereocenters. The molecule has 9 nitrogen and oxygen atoms in total. The molecule has 3 aromatic heterocycles. The number of aryl methyl sites for hydroxylation is 1. The molecule has 0 saturated carbocycles. The Bertz CT molecular complexity index is 1320. The molecule has 0 aliphatic carbocycles. The van der Waals surface area contributed by atoms with Crippen LogP contribution in [0.4, 0.5) is 0 Å². The maximum Gasteiger partial charge on any atom is 0.143 e. The first-order chi connectivity index (χ1) is 15.2. The van der Waals surface area contributed by atoms with Gasteiger partial charge in [0.15, 0.2) is 0 Å². The van der Waals surface area contributed by atoms with Gasteiger partial charge in [-0.25, -0.2) is 14.3 Å². The molecular formula is C22H20N8O. The van der Waals surface area contributed by atoms with Crippen LogP contribution in [-0.4, -0.2) is 46.6 Å². The summed E-state index contributed by atoms with van der Waals surface area (Å²) in [5.41, 5.74) is 5.28. The summed E-state index contributed by atoms with van der Waals surface area (Å²) in [4.78, 5) is 4.28. The monoisotopic (exact) mass is 412 g/mol. The molecule has 0 aliphatic rings. The van der Waals surface area contributed by atoms with Crippen molar-refractivity contribution in [3.63, 3.8) is 0 Å². The van der Waals surface area contributed by atoms with E-state index in [0.717, 1.165) is 39.8 Å². The first kappa shape index (κ1) is 18.7. The zero-order valence-corrected chi connectivity index (χ0v) is 17.1. The van der Waals surface area contributed by atoms with Crippen LogP contribution in [0.3, 0.4) is 0 Å². The number of rotatable bonds is 6. The van der Waals surface area contributed by atoms with Crippen molar-refractivity contribution >= 4 is 0 Å². The number of para-hydroxylation sites is 1. The van der Waals surface area contributed by atoms with Crippen LogP contribution < -0.4 is 4.74 Å². The van der Waals surface area contributed by atoms with Crippen LogP contribution in [0.25, 0.3) is 22.6 Å². The quantitative estimate of drug-likeness (QED) is 0.426. The first-order valence-corrected chi connectivity index (χ1v) is 9.76. The fraction of sp³-hybridized carbons (Fsp3) is 0.136. The highest BCUT2D eigenvalue weighted by Gasteiger charge is 2.12. The predicted octanol–water partition coefficient (Wildman–Crippen LogP) is 3.08. The van der Waals surface area contributed by atoms with Gasteiger partial charge in [-0.15, -0.1) is 10.2 Å². The molecular weight excluding hydrogens is 392 g/mol. The Hall–Kier alpha value is -4.27. The molecule has 154 valence electrons.